The van der Waals surface area contributed by atoms with E-state index in [1.807, 2.05) is 6.07 Å². The first kappa shape index (κ1) is 9.45. The van der Waals surface area contributed by atoms with Gasteiger partial charge in [-0.3, -0.25) is 4.79 Å². The minimum absolute atomic E-state index is 0.202. The molecule has 0 aliphatic rings. The Balaban J connectivity index is 3.90. The third-order valence-corrected chi connectivity index (χ3v) is 1.19. The monoisotopic (exact) mass is 152 g/mol. The van der Waals surface area contributed by atoms with Gasteiger partial charge >= 0.3 is 5.97 Å². The van der Waals surface area contributed by atoms with Gasteiger partial charge in [0.15, 0.2) is 0 Å². The first-order valence-corrected chi connectivity index (χ1v) is 3.10. The zero-order valence-corrected chi connectivity index (χ0v) is 6.20. The lowest BCUT2D eigenvalue weighted by molar-refractivity contribution is -0.143. The van der Waals surface area contributed by atoms with Crippen LogP contribution in [0.1, 0.15) is 12.8 Å². The van der Waals surface area contributed by atoms with Crippen LogP contribution in [0, 0.1) is 28.6 Å². The van der Waals surface area contributed by atoms with Crippen LogP contribution in [0.5, 0.6) is 0 Å². The molecular weight excluding hydrogens is 144 g/mol. The predicted octanol–water partition coefficient (Wildman–Crippen LogP) is 0.603. The fourth-order valence-electron chi connectivity index (χ4n) is 0.586. The van der Waals surface area contributed by atoms with Crippen molar-refractivity contribution in [3.05, 3.63) is 0 Å². The molecule has 58 valence electrons. The molecule has 0 spiro atoms. The van der Waals surface area contributed by atoms with Gasteiger partial charge in [-0.1, -0.05) is 0 Å². The standard InChI is InChI=1S/C7H8N2O2/c1-11-7(10)6(5-9)3-2-4-8/h6H,2-3H2,1H3. The van der Waals surface area contributed by atoms with E-state index in [1.54, 1.807) is 6.07 Å². The average molecular weight is 152 g/mol. The van der Waals surface area contributed by atoms with Gasteiger partial charge in [0.25, 0.3) is 0 Å². The van der Waals surface area contributed by atoms with Gasteiger partial charge in [-0.05, 0) is 6.42 Å². The number of nitrogens with zero attached hydrogens (tertiary/aromatic N) is 2. The Labute approximate surface area is 65.0 Å². The van der Waals surface area contributed by atoms with E-state index in [0.717, 1.165) is 0 Å². The summed E-state index contributed by atoms with van der Waals surface area (Å²) in [6.07, 6.45) is 0.451. The van der Waals surface area contributed by atoms with Crippen LogP contribution in [0.4, 0.5) is 0 Å². The van der Waals surface area contributed by atoms with Crippen LogP contribution in [-0.4, -0.2) is 13.1 Å². The second kappa shape index (κ2) is 5.25. The zero-order chi connectivity index (χ0) is 8.69. The highest BCUT2D eigenvalue weighted by Crippen LogP contribution is 2.05. The molecule has 0 aromatic heterocycles. The van der Waals surface area contributed by atoms with E-state index in [-0.39, 0.29) is 12.8 Å². The second-order valence-corrected chi connectivity index (χ2v) is 1.90. The molecule has 0 radical (unpaired) electrons. The summed E-state index contributed by atoms with van der Waals surface area (Å²) in [6, 6.07) is 3.61. The van der Waals surface area contributed by atoms with Crippen molar-refractivity contribution < 1.29 is 9.53 Å². The average Bonchev–Trinajstić information content (AvgIpc) is 2.05. The SMILES string of the molecule is COC(=O)C(C#N)CCC#N. The van der Waals surface area contributed by atoms with Crippen molar-refractivity contribution in [2.24, 2.45) is 5.92 Å². The normalized spacial score (nSPS) is 10.8. The number of ether oxygens (including phenoxy) is 1. The van der Waals surface area contributed by atoms with Gasteiger partial charge in [0, 0.05) is 6.42 Å². The van der Waals surface area contributed by atoms with Crippen molar-refractivity contribution in [1.29, 1.82) is 10.5 Å². The second-order valence-electron chi connectivity index (χ2n) is 1.90. The van der Waals surface area contributed by atoms with E-state index in [1.165, 1.54) is 7.11 Å². The molecule has 0 bridgehead atoms. The Hall–Kier alpha value is -1.55. The summed E-state index contributed by atoms with van der Waals surface area (Å²) >= 11 is 0. The van der Waals surface area contributed by atoms with E-state index in [2.05, 4.69) is 4.74 Å². The fraction of sp³-hybridized carbons (Fsp3) is 0.571. The van der Waals surface area contributed by atoms with E-state index < -0.39 is 11.9 Å². The Kier molecular flexibility index (Phi) is 4.51. The molecule has 0 N–H and O–H groups in total. The largest absolute Gasteiger partial charge is 0.468 e. The third kappa shape index (κ3) is 3.22. The zero-order valence-electron chi connectivity index (χ0n) is 6.20. The lowest BCUT2D eigenvalue weighted by Crippen LogP contribution is -2.13. The molecule has 0 saturated carbocycles. The molecule has 0 rings (SSSR count). The van der Waals surface area contributed by atoms with Gasteiger partial charge in [0.1, 0.15) is 5.92 Å². The van der Waals surface area contributed by atoms with Crippen LogP contribution >= 0.6 is 0 Å². The van der Waals surface area contributed by atoms with Crippen molar-refractivity contribution in [2.75, 3.05) is 7.11 Å². The van der Waals surface area contributed by atoms with Gasteiger partial charge in [-0.2, -0.15) is 10.5 Å². The van der Waals surface area contributed by atoms with Crippen molar-refractivity contribution >= 4 is 5.97 Å². The lowest BCUT2D eigenvalue weighted by Gasteiger charge is -2.01. The molecule has 1 atom stereocenters. The molecule has 0 aromatic rings. The molecule has 0 amide bonds. The molecule has 1 unspecified atom stereocenters. The minimum Gasteiger partial charge on any atom is -0.468 e. The highest BCUT2D eigenvalue weighted by Gasteiger charge is 2.17. The first-order chi connectivity index (χ1) is 5.26. The van der Waals surface area contributed by atoms with Crippen molar-refractivity contribution in [3.63, 3.8) is 0 Å². The van der Waals surface area contributed by atoms with Gasteiger partial charge in [-0.25, -0.2) is 0 Å². The molecule has 4 nitrogen and oxygen atoms in total. The minimum atomic E-state index is -0.792. The van der Waals surface area contributed by atoms with Crippen LogP contribution < -0.4 is 0 Å². The summed E-state index contributed by atoms with van der Waals surface area (Å²) in [7, 11) is 1.22. The molecular formula is C7H8N2O2. The van der Waals surface area contributed by atoms with Gasteiger partial charge in [-0.15, -0.1) is 0 Å². The number of nitriles is 2. The van der Waals surface area contributed by atoms with Crippen LogP contribution in [0.2, 0.25) is 0 Å². The maximum atomic E-state index is 10.7. The Morgan fingerprint density at radius 2 is 2.27 bits per heavy atom. The number of esters is 1. The molecule has 0 aromatic carbocycles. The number of methoxy groups -OCH3 is 1. The third-order valence-electron chi connectivity index (χ3n) is 1.19. The highest BCUT2D eigenvalue weighted by atomic mass is 16.5. The predicted molar refractivity (Wildman–Crippen MR) is 36.0 cm³/mol. The highest BCUT2D eigenvalue weighted by molar-refractivity contribution is 5.74. The molecule has 0 saturated heterocycles. The van der Waals surface area contributed by atoms with Gasteiger partial charge in [0.2, 0.25) is 0 Å². The van der Waals surface area contributed by atoms with Gasteiger partial charge in [0.05, 0.1) is 19.2 Å². The van der Waals surface area contributed by atoms with Crippen molar-refractivity contribution in [2.45, 2.75) is 12.8 Å². The Morgan fingerprint density at radius 3 is 2.64 bits per heavy atom. The summed E-state index contributed by atoms with van der Waals surface area (Å²) in [5.74, 6) is -1.36. The Bertz CT molecular complexity index is 211. The molecule has 11 heavy (non-hydrogen) atoms. The van der Waals surface area contributed by atoms with E-state index >= 15 is 0 Å². The summed E-state index contributed by atoms with van der Waals surface area (Å²) < 4.78 is 4.33. The number of hydrogen-bond acceptors (Lipinski definition) is 4. The quantitative estimate of drug-likeness (QED) is 0.555. The van der Waals surface area contributed by atoms with Crippen molar-refractivity contribution in [1.82, 2.24) is 0 Å². The number of rotatable bonds is 3. The van der Waals surface area contributed by atoms with Gasteiger partial charge < -0.3 is 4.74 Å². The number of carbonyl (C=O) groups excluding carboxylic acids is 1. The molecule has 0 aliphatic carbocycles. The Morgan fingerprint density at radius 1 is 1.64 bits per heavy atom. The van der Waals surface area contributed by atoms with E-state index in [9.17, 15) is 4.79 Å². The number of carbonyl (C=O) groups is 1. The smallest absolute Gasteiger partial charge is 0.323 e. The van der Waals surface area contributed by atoms with Crippen LogP contribution in [0.15, 0.2) is 0 Å². The summed E-state index contributed by atoms with van der Waals surface area (Å²) in [5.41, 5.74) is 0. The molecule has 4 heteroatoms. The fourth-order valence-corrected chi connectivity index (χ4v) is 0.586. The topological polar surface area (TPSA) is 73.9 Å². The molecule has 0 heterocycles. The number of hydrogen-bond donors (Lipinski definition) is 0. The van der Waals surface area contributed by atoms with E-state index in [4.69, 9.17) is 10.5 Å². The maximum Gasteiger partial charge on any atom is 0.323 e. The van der Waals surface area contributed by atoms with Crippen LogP contribution in [0.25, 0.3) is 0 Å². The summed E-state index contributed by atoms with van der Waals surface area (Å²) in [6.45, 7) is 0. The molecule has 0 aliphatic heterocycles. The van der Waals surface area contributed by atoms with Crippen LogP contribution in [-0.2, 0) is 9.53 Å². The van der Waals surface area contributed by atoms with E-state index in [0.29, 0.717) is 0 Å². The summed E-state index contributed by atoms with van der Waals surface area (Å²) in [5, 5.41) is 16.5. The maximum absolute atomic E-state index is 10.7. The molecule has 0 fully saturated rings. The van der Waals surface area contributed by atoms with Crippen molar-refractivity contribution in [3.8, 4) is 12.1 Å². The first-order valence-electron chi connectivity index (χ1n) is 3.10. The lowest BCUT2D eigenvalue weighted by atomic mass is 10.1. The summed E-state index contributed by atoms with van der Waals surface area (Å²) in [4.78, 5) is 10.7. The van der Waals surface area contributed by atoms with Crippen LogP contribution in [0.3, 0.4) is 0 Å².